The first kappa shape index (κ1) is 12.8. The molecule has 2 aromatic heterocycles. The van der Waals surface area contributed by atoms with Crippen LogP contribution in [0.2, 0.25) is 0 Å². The van der Waals surface area contributed by atoms with Gasteiger partial charge < -0.3 is 4.74 Å². The number of carbonyl (C=O) groups excluding carboxylic acids is 1. The maximum absolute atomic E-state index is 11.6. The standard InChI is InChI=1S/C12H15N3O2S/c1-4-9-8(6-15(3)14-9)11-13-10(7-18-11)12(16)17-5-2/h6-7H,4-5H2,1-3H3. The summed E-state index contributed by atoms with van der Waals surface area (Å²) in [5.74, 6) is -0.373. The maximum atomic E-state index is 11.6. The molecule has 2 heterocycles. The molecule has 0 bridgehead atoms. The van der Waals surface area contributed by atoms with E-state index in [0.29, 0.717) is 12.3 Å². The predicted octanol–water partition coefficient (Wildman–Crippen LogP) is 2.28. The van der Waals surface area contributed by atoms with Crippen LogP contribution in [0.15, 0.2) is 11.6 Å². The lowest BCUT2D eigenvalue weighted by Gasteiger charge is -1.96. The van der Waals surface area contributed by atoms with Gasteiger partial charge in [0.15, 0.2) is 5.69 Å². The van der Waals surface area contributed by atoms with Crippen molar-refractivity contribution in [2.75, 3.05) is 6.61 Å². The molecule has 0 N–H and O–H groups in total. The summed E-state index contributed by atoms with van der Waals surface area (Å²) >= 11 is 1.43. The highest BCUT2D eigenvalue weighted by Crippen LogP contribution is 2.27. The number of aromatic nitrogens is 3. The summed E-state index contributed by atoms with van der Waals surface area (Å²) in [6.07, 6.45) is 2.76. The number of esters is 1. The lowest BCUT2D eigenvalue weighted by atomic mass is 10.2. The van der Waals surface area contributed by atoms with Crippen LogP contribution in [0.3, 0.4) is 0 Å². The number of ether oxygens (including phenoxy) is 1. The van der Waals surface area contributed by atoms with Crippen molar-refractivity contribution in [1.82, 2.24) is 14.8 Å². The average Bonchev–Trinajstić information content (AvgIpc) is 2.95. The third kappa shape index (κ3) is 2.43. The molecule has 0 atom stereocenters. The van der Waals surface area contributed by atoms with E-state index in [9.17, 15) is 4.79 Å². The zero-order valence-electron chi connectivity index (χ0n) is 10.6. The monoisotopic (exact) mass is 265 g/mol. The molecule has 96 valence electrons. The summed E-state index contributed by atoms with van der Waals surface area (Å²) < 4.78 is 6.69. The zero-order valence-corrected chi connectivity index (χ0v) is 11.5. The van der Waals surface area contributed by atoms with Crippen molar-refractivity contribution in [3.63, 3.8) is 0 Å². The van der Waals surface area contributed by atoms with E-state index in [1.807, 2.05) is 20.2 Å². The molecule has 18 heavy (non-hydrogen) atoms. The molecule has 0 unspecified atom stereocenters. The highest BCUT2D eigenvalue weighted by atomic mass is 32.1. The van der Waals surface area contributed by atoms with Gasteiger partial charge in [-0.1, -0.05) is 6.92 Å². The first-order valence-corrected chi connectivity index (χ1v) is 6.69. The van der Waals surface area contributed by atoms with Crippen molar-refractivity contribution in [1.29, 1.82) is 0 Å². The van der Waals surface area contributed by atoms with E-state index in [1.165, 1.54) is 11.3 Å². The van der Waals surface area contributed by atoms with Gasteiger partial charge in [0.2, 0.25) is 0 Å². The highest BCUT2D eigenvalue weighted by Gasteiger charge is 2.16. The molecule has 0 saturated carbocycles. The van der Waals surface area contributed by atoms with E-state index in [2.05, 4.69) is 10.1 Å². The number of aryl methyl sites for hydroxylation is 2. The SMILES string of the molecule is CCOC(=O)c1csc(-c2cn(C)nc2CC)n1. The summed E-state index contributed by atoms with van der Waals surface area (Å²) in [6, 6.07) is 0. The van der Waals surface area contributed by atoms with Crippen LogP contribution in [-0.2, 0) is 18.2 Å². The second-order valence-corrected chi connectivity index (χ2v) is 4.63. The number of hydrogen-bond donors (Lipinski definition) is 0. The van der Waals surface area contributed by atoms with E-state index in [0.717, 1.165) is 22.7 Å². The highest BCUT2D eigenvalue weighted by molar-refractivity contribution is 7.13. The largest absolute Gasteiger partial charge is 0.461 e. The Labute approximate surface area is 109 Å². The third-order valence-corrected chi connectivity index (χ3v) is 3.33. The van der Waals surface area contributed by atoms with Crippen LogP contribution in [0.4, 0.5) is 0 Å². The number of hydrogen-bond acceptors (Lipinski definition) is 5. The summed E-state index contributed by atoms with van der Waals surface area (Å²) in [7, 11) is 1.88. The normalized spacial score (nSPS) is 10.6. The minimum Gasteiger partial charge on any atom is -0.461 e. The molecule has 0 aliphatic heterocycles. The molecule has 0 aliphatic rings. The molecule has 6 heteroatoms. The van der Waals surface area contributed by atoms with Gasteiger partial charge in [-0.2, -0.15) is 5.10 Å². The van der Waals surface area contributed by atoms with Gasteiger partial charge in [0.25, 0.3) is 0 Å². The van der Waals surface area contributed by atoms with E-state index < -0.39 is 0 Å². The molecular weight excluding hydrogens is 250 g/mol. The van der Waals surface area contributed by atoms with Crippen molar-refractivity contribution < 1.29 is 9.53 Å². The zero-order chi connectivity index (χ0) is 13.1. The second-order valence-electron chi connectivity index (χ2n) is 3.78. The summed E-state index contributed by atoms with van der Waals surface area (Å²) in [5.41, 5.74) is 2.34. The minimum absolute atomic E-state index is 0.360. The lowest BCUT2D eigenvalue weighted by Crippen LogP contribution is -2.04. The van der Waals surface area contributed by atoms with Crippen LogP contribution in [0.25, 0.3) is 10.6 Å². The van der Waals surface area contributed by atoms with E-state index in [4.69, 9.17) is 4.74 Å². The van der Waals surface area contributed by atoms with Crippen LogP contribution >= 0.6 is 11.3 Å². The van der Waals surface area contributed by atoms with Crippen LogP contribution in [0, 0.1) is 0 Å². The molecule has 0 amide bonds. The van der Waals surface area contributed by atoms with Gasteiger partial charge in [-0.05, 0) is 13.3 Å². The van der Waals surface area contributed by atoms with Crippen molar-refractivity contribution in [3.8, 4) is 10.6 Å². The molecule has 0 aromatic carbocycles. The fourth-order valence-corrected chi connectivity index (χ4v) is 2.49. The molecule has 0 radical (unpaired) electrons. The van der Waals surface area contributed by atoms with E-state index in [1.54, 1.807) is 17.0 Å². The Morgan fingerprint density at radius 2 is 2.28 bits per heavy atom. The van der Waals surface area contributed by atoms with Crippen molar-refractivity contribution >= 4 is 17.3 Å². The van der Waals surface area contributed by atoms with Gasteiger partial charge in [0.1, 0.15) is 5.01 Å². The first-order valence-electron chi connectivity index (χ1n) is 5.81. The number of rotatable bonds is 4. The van der Waals surface area contributed by atoms with Gasteiger partial charge in [-0.15, -0.1) is 11.3 Å². The van der Waals surface area contributed by atoms with Gasteiger partial charge in [0, 0.05) is 18.6 Å². The number of nitrogens with zero attached hydrogens (tertiary/aromatic N) is 3. The van der Waals surface area contributed by atoms with Crippen LogP contribution in [-0.4, -0.2) is 27.3 Å². The Bertz CT molecular complexity index is 559. The quantitative estimate of drug-likeness (QED) is 0.796. The summed E-state index contributed by atoms with van der Waals surface area (Å²) in [6.45, 7) is 4.19. The van der Waals surface area contributed by atoms with Crippen molar-refractivity contribution in [2.45, 2.75) is 20.3 Å². The smallest absolute Gasteiger partial charge is 0.357 e. The Hall–Kier alpha value is -1.69. The number of thiazole rings is 1. The molecule has 2 aromatic rings. The predicted molar refractivity (Wildman–Crippen MR) is 69.7 cm³/mol. The van der Waals surface area contributed by atoms with Gasteiger partial charge >= 0.3 is 5.97 Å². The minimum atomic E-state index is -0.373. The molecule has 2 rings (SSSR count). The van der Waals surface area contributed by atoms with Crippen molar-refractivity contribution in [3.05, 3.63) is 23.0 Å². The summed E-state index contributed by atoms with van der Waals surface area (Å²) in [5, 5.41) is 6.89. The average molecular weight is 265 g/mol. The lowest BCUT2D eigenvalue weighted by molar-refractivity contribution is 0.0520. The number of carbonyl (C=O) groups is 1. The Kier molecular flexibility index (Phi) is 3.76. The van der Waals surface area contributed by atoms with Gasteiger partial charge in [0.05, 0.1) is 17.9 Å². The Morgan fingerprint density at radius 1 is 1.50 bits per heavy atom. The maximum Gasteiger partial charge on any atom is 0.357 e. The molecular formula is C12H15N3O2S. The molecule has 0 spiro atoms. The van der Waals surface area contributed by atoms with Crippen molar-refractivity contribution in [2.24, 2.45) is 7.05 Å². The van der Waals surface area contributed by atoms with Gasteiger partial charge in [-0.25, -0.2) is 9.78 Å². The Balaban J connectivity index is 2.31. The molecule has 0 saturated heterocycles. The molecule has 0 fully saturated rings. The second kappa shape index (κ2) is 5.30. The first-order chi connectivity index (χ1) is 8.65. The topological polar surface area (TPSA) is 57.0 Å². The summed E-state index contributed by atoms with van der Waals surface area (Å²) in [4.78, 5) is 15.9. The van der Waals surface area contributed by atoms with Crippen LogP contribution < -0.4 is 0 Å². The third-order valence-electron chi connectivity index (χ3n) is 2.46. The van der Waals surface area contributed by atoms with E-state index in [-0.39, 0.29) is 5.97 Å². The Morgan fingerprint density at radius 3 is 2.94 bits per heavy atom. The molecule has 5 nitrogen and oxygen atoms in total. The fourth-order valence-electron chi connectivity index (χ4n) is 1.67. The molecule has 0 aliphatic carbocycles. The van der Waals surface area contributed by atoms with E-state index >= 15 is 0 Å². The van der Waals surface area contributed by atoms with Crippen LogP contribution in [0.1, 0.15) is 30.0 Å². The fraction of sp³-hybridized carbons (Fsp3) is 0.417. The van der Waals surface area contributed by atoms with Crippen LogP contribution in [0.5, 0.6) is 0 Å². The van der Waals surface area contributed by atoms with Gasteiger partial charge in [-0.3, -0.25) is 4.68 Å².